The first-order valence-electron chi connectivity index (χ1n) is 5.56. The average molecular weight is 248 g/mol. The Bertz CT molecular complexity index is 523. The lowest BCUT2D eigenvalue weighted by molar-refractivity contribution is -0.119. The van der Waals surface area contributed by atoms with E-state index in [0.29, 0.717) is 12.0 Å². The summed E-state index contributed by atoms with van der Waals surface area (Å²) in [4.78, 5) is 36.0. The number of Topliss-reactive ketones (excluding diaryl/α,β-unsaturated/α-hetero) is 3. The third kappa shape index (κ3) is 2.13. The molecule has 2 rings (SSSR count). The summed E-state index contributed by atoms with van der Waals surface area (Å²) in [6.07, 6.45) is 3.53. The molecule has 0 unspecified atom stereocenters. The van der Waals surface area contributed by atoms with Gasteiger partial charge in [-0.15, -0.1) is 11.3 Å². The number of rotatable bonds is 4. The van der Waals surface area contributed by atoms with Gasteiger partial charge in [-0.2, -0.15) is 0 Å². The Morgan fingerprint density at radius 1 is 1.29 bits per heavy atom. The molecular formula is C13H12O3S. The van der Waals surface area contributed by atoms with Crippen LogP contribution < -0.4 is 0 Å². The molecule has 0 saturated heterocycles. The van der Waals surface area contributed by atoms with Crippen molar-refractivity contribution in [2.45, 2.75) is 26.2 Å². The number of carbonyl (C=O) groups is 3. The lowest BCUT2D eigenvalue weighted by Crippen LogP contribution is -2.24. The molecule has 0 fully saturated rings. The van der Waals surface area contributed by atoms with Gasteiger partial charge < -0.3 is 0 Å². The van der Waals surface area contributed by atoms with Crippen molar-refractivity contribution >= 4 is 34.8 Å². The summed E-state index contributed by atoms with van der Waals surface area (Å²) in [5.74, 6) is -1.43. The van der Waals surface area contributed by atoms with Crippen LogP contribution >= 0.6 is 11.3 Å². The normalized spacial score (nSPS) is 14.5. The molecule has 1 aromatic heterocycles. The lowest BCUT2D eigenvalue weighted by Gasteiger charge is -2.09. The first-order valence-corrected chi connectivity index (χ1v) is 6.44. The fourth-order valence-electron chi connectivity index (χ4n) is 1.74. The fourth-order valence-corrected chi connectivity index (χ4v) is 2.57. The first kappa shape index (κ1) is 11.9. The highest BCUT2D eigenvalue weighted by Crippen LogP contribution is 2.27. The van der Waals surface area contributed by atoms with Crippen LogP contribution in [0.3, 0.4) is 0 Å². The van der Waals surface area contributed by atoms with Gasteiger partial charge in [0.15, 0.2) is 5.78 Å². The number of carbonyl (C=O) groups excluding carboxylic acids is 3. The molecule has 0 amide bonds. The SMILES string of the molecule is CCCCC(=O)C1=Cc2sccc2C(=O)C1=O. The average Bonchev–Trinajstić information content (AvgIpc) is 2.79. The molecule has 1 heterocycles. The van der Waals surface area contributed by atoms with Gasteiger partial charge in [0.1, 0.15) is 0 Å². The zero-order chi connectivity index (χ0) is 12.4. The van der Waals surface area contributed by atoms with Crippen LogP contribution in [0, 0.1) is 0 Å². The third-order valence-electron chi connectivity index (χ3n) is 2.72. The van der Waals surface area contributed by atoms with E-state index in [1.165, 1.54) is 11.3 Å². The van der Waals surface area contributed by atoms with Crippen LogP contribution in [0.2, 0.25) is 0 Å². The summed E-state index contributed by atoms with van der Waals surface area (Å²) in [5, 5.41) is 1.76. The van der Waals surface area contributed by atoms with Crippen LogP contribution in [0.5, 0.6) is 0 Å². The minimum absolute atomic E-state index is 0.0541. The van der Waals surface area contributed by atoms with E-state index >= 15 is 0 Å². The molecule has 3 nitrogen and oxygen atoms in total. The van der Waals surface area contributed by atoms with E-state index in [4.69, 9.17) is 0 Å². The van der Waals surface area contributed by atoms with Crippen LogP contribution in [0.1, 0.15) is 41.4 Å². The maximum atomic E-state index is 11.8. The van der Waals surface area contributed by atoms with Gasteiger partial charge in [0.25, 0.3) is 0 Å². The van der Waals surface area contributed by atoms with E-state index in [0.717, 1.165) is 17.7 Å². The number of ketones is 3. The number of allylic oxidation sites excluding steroid dienone is 1. The van der Waals surface area contributed by atoms with Crippen molar-refractivity contribution in [3.63, 3.8) is 0 Å². The molecule has 0 bridgehead atoms. The van der Waals surface area contributed by atoms with Crippen molar-refractivity contribution < 1.29 is 14.4 Å². The van der Waals surface area contributed by atoms with Gasteiger partial charge >= 0.3 is 0 Å². The van der Waals surface area contributed by atoms with E-state index in [-0.39, 0.29) is 11.4 Å². The molecule has 0 N–H and O–H groups in total. The van der Waals surface area contributed by atoms with Crippen LogP contribution in [0.15, 0.2) is 17.0 Å². The summed E-state index contributed by atoms with van der Waals surface area (Å²) >= 11 is 1.37. The highest BCUT2D eigenvalue weighted by Gasteiger charge is 2.31. The molecule has 88 valence electrons. The molecule has 4 heteroatoms. The highest BCUT2D eigenvalue weighted by molar-refractivity contribution is 7.11. The van der Waals surface area contributed by atoms with Crippen LogP contribution in [0.4, 0.5) is 0 Å². The zero-order valence-corrected chi connectivity index (χ0v) is 10.3. The Labute approximate surface area is 103 Å². The monoisotopic (exact) mass is 248 g/mol. The van der Waals surface area contributed by atoms with E-state index < -0.39 is 11.6 Å². The topological polar surface area (TPSA) is 51.2 Å². The zero-order valence-electron chi connectivity index (χ0n) is 9.49. The predicted octanol–water partition coefficient (Wildman–Crippen LogP) is 2.66. The second-order valence-electron chi connectivity index (χ2n) is 3.94. The Hall–Kier alpha value is -1.55. The molecule has 0 radical (unpaired) electrons. The molecular weight excluding hydrogens is 236 g/mol. The Morgan fingerprint density at radius 2 is 2.06 bits per heavy atom. The number of thiophene rings is 1. The van der Waals surface area contributed by atoms with Gasteiger partial charge in [0.05, 0.1) is 5.57 Å². The maximum absolute atomic E-state index is 11.8. The summed E-state index contributed by atoms with van der Waals surface area (Å²) in [6, 6.07) is 1.63. The number of unbranched alkanes of at least 4 members (excludes halogenated alkanes) is 1. The number of fused-ring (bicyclic) bond motifs is 1. The Morgan fingerprint density at radius 3 is 2.76 bits per heavy atom. The molecule has 0 atom stereocenters. The second-order valence-corrected chi connectivity index (χ2v) is 4.89. The number of hydrogen-bond donors (Lipinski definition) is 0. The standard InChI is InChI=1S/C13H12O3S/c1-2-3-4-10(14)9-7-11-8(5-6-17-11)12(15)13(9)16/h5-7H,2-4H2,1H3. The quantitative estimate of drug-likeness (QED) is 0.608. The molecule has 17 heavy (non-hydrogen) atoms. The summed E-state index contributed by atoms with van der Waals surface area (Å²) < 4.78 is 0. The molecule has 0 spiro atoms. The highest BCUT2D eigenvalue weighted by atomic mass is 32.1. The molecule has 0 saturated carbocycles. The second kappa shape index (κ2) is 4.75. The molecule has 1 aliphatic carbocycles. The molecule has 0 aliphatic heterocycles. The van der Waals surface area contributed by atoms with Crippen LogP contribution in [-0.4, -0.2) is 17.3 Å². The molecule has 1 aromatic rings. The van der Waals surface area contributed by atoms with Gasteiger partial charge in [-0.1, -0.05) is 13.3 Å². The van der Waals surface area contributed by atoms with Gasteiger partial charge in [-0.05, 0) is 23.9 Å². The van der Waals surface area contributed by atoms with Crippen molar-refractivity contribution in [3.8, 4) is 0 Å². The minimum Gasteiger partial charge on any atom is -0.294 e. The van der Waals surface area contributed by atoms with E-state index in [9.17, 15) is 14.4 Å². The van der Waals surface area contributed by atoms with Crippen molar-refractivity contribution in [2.24, 2.45) is 0 Å². The van der Waals surface area contributed by atoms with Gasteiger partial charge in [0.2, 0.25) is 11.6 Å². The number of hydrogen-bond acceptors (Lipinski definition) is 4. The van der Waals surface area contributed by atoms with E-state index in [1.807, 2.05) is 6.92 Å². The van der Waals surface area contributed by atoms with Crippen molar-refractivity contribution in [1.82, 2.24) is 0 Å². The smallest absolute Gasteiger partial charge is 0.237 e. The van der Waals surface area contributed by atoms with E-state index in [2.05, 4.69) is 0 Å². The van der Waals surface area contributed by atoms with Crippen molar-refractivity contribution in [2.75, 3.05) is 0 Å². The fraction of sp³-hybridized carbons (Fsp3) is 0.308. The summed E-state index contributed by atoms with van der Waals surface area (Å²) in [5.41, 5.74) is 0.477. The lowest BCUT2D eigenvalue weighted by atomic mass is 9.91. The van der Waals surface area contributed by atoms with E-state index in [1.54, 1.807) is 17.5 Å². The van der Waals surface area contributed by atoms with Crippen LogP contribution in [-0.2, 0) is 9.59 Å². The predicted molar refractivity (Wildman–Crippen MR) is 66.2 cm³/mol. The van der Waals surface area contributed by atoms with Crippen LogP contribution in [0.25, 0.3) is 6.08 Å². The van der Waals surface area contributed by atoms with Gasteiger partial charge in [-0.25, -0.2) is 0 Å². The Balaban J connectivity index is 2.33. The maximum Gasteiger partial charge on any atom is 0.237 e. The summed E-state index contributed by atoms with van der Waals surface area (Å²) in [7, 11) is 0. The van der Waals surface area contributed by atoms with Gasteiger partial charge in [0, 0.05) is 16.9 Å². The molecule has 0 aromatic carbocycles. The van der Waals surface area contributed by atoms with Crippen molar-refractivity contribution in [3.05, 3.63) is 27.5 Å². The molecule has 1 aliphatic rings. The van der Waals surface area contributed by atoms with Gasteiger partial charge in [-0.3, -0.25) is 14.4 Å². The third-order valence-corrected chi connectivity index (χ3v) is 3.59. The first-order chi connectivity index (χ1) is 8.15. The largest absolute Gasteiger partial charge is 0.294 e. The Kier molecular flexibility index (Phi) is 3.33. The minimum atomic E-state index is -0.656. The summed E-state index contributed by atoms with van der Waals surface area (Å²) in [6.45, 7) is 1.98. The van der Waals surface area contributed by atoms with Crippen molar-refractivity contribution in [1.29, 1.82) is 0 Å².